The zero-order valence-electron chi connectivity index (χ0n) is 17.3. The van der Waals surface area contributed by atoms with Crippen molar-refractivity contribution in [2.75, 3.05) is 13.1 Å². The van der Waals surface area contributed by atoms with Gasteiger partial charge in [-0.25, -0.2) is 4.98 Å². The van der Waals surface area contributed by atoms with Crippen LogP contribution in [0.4, 0.5) is 0 Å². The number of quaternary nitrogens is 1. The number of hydrogen-bond donors (Lipinski definition) is 2. The van der Waals surface area contributed by atoms with Crippen molar-refractivity contribution in [1.29, 1.82) is 0 Å². The average Bonchev–Trinajstić information content (AvgIpc) is 3.45. The van der Waals surface area contributed by atoms with E-state index in [1.807, 2.05) is 19.1 Å². The van der Waals surface area contributed by atoms with E-state index in [9.17, 15) is 4.79 Å². The molecule has 1 aliphatic heterocycles. The summed E-state index contributed by atoms with van der Waals surface area (Å²) in [6, 6.07) is 10.5. The first-order chi connectivity index (χ1) is 14.3. The largest absolute Gasteiger partial charge is 0.550 e. The predicted octanol–water partition coefficient (Wildman–Crippen LogP) is 0.451. The molecule has 2 aliphatic rings. The van der Waals surface area contributed by atoms with Gasteiger partial charge in [-0.05, 0) is 61.9 Å². The molecule has 2 N–H and O–H groups in total. The van der Waals surface area contributed by atoms with Gasteiger partial charge in [-0.1, -0.05) is 18.1 Å². The van der Waals surface area contributed by atoms with E-state index in [-0.39, 0.29) is 11.8 Å². The van der Waals surface area contributed by atoms with Crippen LogP contribution in [0.3, 0.4) is 0 Å². The van der Waals surface area contributed by atoms with Crippen molar-refractivity contribution < 1.29 is 24.7 Å². The quantitative estimate of drug-likeness (QED) is 0.722. The fourth-order valence-electron chi connectivity index (χ4n) is 4.01. The summed E-state index contributed by atoms with van der Waals surface area (Å²) in [5.74, 6) is 4.68. The number of nitrogens with zero attached hydrogens (tertiary/aromatic N) is 1. The summed E-state index contributed by atoms with van der Waals surface area (Å²) in [6.45, 7) is 5.66. The second-order valence-corrected chi connectivity index (χ2v) is 8.06. The number of hydrogen-bond acceptors (Lipinski definition) is 4. The fourth-order valence-corrected chi connectivity index (χ4v) is 4.01. The molecule has 1 aliphatic carbocycles. The Morgan fingerprint density at radius 1 is 1.27 bits per heavy atom. The maximum absolute atomic E-state index is 10.9. The zero-order valence-corrected chi connectivity index (χ0v) is 17.3. The molecule has 156 valence electrons. The van der Waals surface area contributed by atoms with Gasteiger partial charge in [0.1, 0.15) is 12.2 Å². The summed E-state index contributed by atoms with van der Waals surface area (Å²) in [5.41, 5.74) is 5.99. The van der Waals surface area contributed by atoms with Gasteiger partial charge in [-0.2, -0.15) is 0 Å². The highest BCUT2D eigenvalue weighted by molar-refractivity contribution is 5.66. The summed E-state index contributed by atoms with van der Waals surface area (Å²) in [5, 5.41) is 17.8. The SMILES string of the molecule is CC(=O)[O-].Cc1cccnc1C#Cc1ccc2c(c1)C1(CC1)C[NH+](CCC(=O)O)C2. The Hall–Kier alpha value is -3.17. The molecule has 1 spiro atoms. The molecule has 0 amide bonds. The van der Waals surface area contributed by atoms with Crippen molar-refractivity contribution in [1.82, 2.24) is 4.98 Å². The normalized spacial score (nSPS) is 17.6. The van der Waals surface area contributed by atoms with Crippen molar-refractivity contribution in [3.05, 3.63) is 64.5 Å². The number of carbonyl (C=O) groups excluding carboxylic acids is 1. The number of aliphatic carboxylic acids is 2. The third-order valence-corrected chi connectivity index (χ3v) is 5.59. The van der Waals surface area contributed by atoms with Crippen LogP contribution in [0.15, 0.2) is 36.5 Å². The van der Waals surface area contributed by atoms with Gasteiger partial charge in [0, 0.05) is 28.7 Å². The maximum Gasteiger partial charge on any atom is 0.309 e. The topological polar surface area (TPSA) is 94.8 Å². The average molecular weight is 406 g/mol. The summed E-state index contributed by atoms with van der Waals surface area (Å²) in [4.78, 5) is 25.5. The maximum atomic E-state index is 10.9. The lowest BCUT2D eigenvalue weighted by atomic mass is 9.85. The molecular weight excluding hydrogens is 380 g/mol. The van der Waals surface area contributed by atoms with Gasteiger partial charge in [-0.3, -0.25) is 4.79 Å². The molecule has 1 aromatic carbocycles. The van der Waals surface area contributed by atoms with Crippen LogP contribution in [-0.4, -0.2) is 35.1 Å². The predicted molar refractivity (Wildman–Crippen MR) is 110 cm³/mol. The Bertz CT molecular complexity index is 1010. The van der Waals surface area contributed by atoms with Crippen LogP contribution in [0.2, 0.25) is 0 Å². The van der Waals surface area contributed by atoms with E-state index in [2.05, 4.69) is 35.0 Å². The number of carboxylic acids is 2. The van der Waals surface area contributed by atoms with Crippen molar-refractivity contribution in [3.63, 3.8) is 0 Å². The minimum Gasteiger partial charge on any atom is -0.550 e. The Morgan fingerprint density at radius 2 is 2.00 bits per heavy atom. The molecule has 6 heteroatoms. The number of nitrogens with one attached hydrogen (secondary N) is 1. The van der Waals surface area contributed by atoms with Crippen molar-refractivity contribution >= 4 is 11.9 Å². The van der Waals surface area contributed by atoms with E-state index in [1.165, 1.54) is 28.9 Å². The molecule has 0 saturated heterocycles. The molecule has 2 aromatic rings. The van der Waals surface area contributed by atoms with Crippen LogP contribution < -0.4 is 10.0 Å². The minimum absolute atomic E-state index is 0.244. The Morgan fingerprint density at radius 3 is 2.63 bits per heavy atom. The highest BCUT2D eigenvalue weighted by atomic mass is 16.4. The number of carboxylic acid groups (broad SMARTS) is 2. The standard InChI is InChI=1S/C22H22N2O2.C2H4O2/c1-16-3-2-11-23-20(16)7-5-17-4-6-18-14-24(12-8-21(25)26)15-22(9-10-22)19(18)13-17;1-2(3)4/h2-4,6,11,13H,8-10,12,14-15H2,1H3,(H,25,26);1H3,(H,3,4). The number of rotatable bonds is 3. The lowest BCUT2D eigenvalue weighted by Gasteiger charge is -2.32. The molecule has 1 aromatic heterocycles. The molecule has 1 fully saturated rings. The van der Waals surface area contributed by atoms with E-state index in [4.69, 9.17) is 15.0 Å². The first-order valence-electron chi connectivity index (χ1n) is 10.1. The molecule has 1 saturated carbocycles. The Balaban J connectivity index is 0.000000589. The lowest BCUT2D eigenvalue weighted by Crippen LogP contribution is -3.12. The molecule has 1 atom stereocenters. The first-order valence-corrected chi connectivity index (χ1v) is 10.1. The molecule has 4 rings (SSSR count). The number of carbonyl (C=O) groups is 2. The molecule has 6 nitrogen and oxygen atoms in total. The third kappa shape index (κ3) is 5.46. The van der Waals surface area contributed by atoms with Crippen LogP contribution in [0.5, 0.6) is 0 Å². The summed E-state index contributed by atoms with van der Waals surface area (Å²) in [6.07, 6.45) is 4.42. The summed E-state index contributed by atoms with van der Waals surface area (Å²) in [7, 11) is 0. The Labute approximate surface area is 176 Å². The van der Waals surface area contributed by atoms with E-state index < -0.39 is 11.9 Å². The third-order valence-electron chi connectivity index (χ3n) is 5.59. The van der Waals surface area contributed by atoms with E-state index in [0.29, 0.717) is 6.54 Å². The highest BCUT2D eigenvalue weighted by Crippen LogP contribution is 2.49. The molecular formula is C24H26N2O4. The van der Waals surface area contributed by atoms with Gasteiger partial charge in [0.05, 0.1) is 19.5 Å². The number of aryl methyl sites for hydroxylation is 1. The number of pyridine rings is 1. The fraction of sp³-hybridized carbons (Fsp3) is 0.375. The second kappa shape index (κ2) is 9.10. The number of fused-ring (bicyclic) bond motifs is 2. The molecule has 2 heterocycles. The van der Waals surface area contributed by atoms with E-state index in [1.54, 1.807) is 6.20 Å². The number of aromatic nitrogens is 1. The van der Waals surface area contributed by atoms with Crippen LogP contribution in [0, 0.1) is 18.8 Å². The van der Waals surface area contributed by atoms with Crippen molar-refractivity contribution in [2.24, 2.45) is 0 Å². The van der Waals surface area contributed by atoms with Crippen molar-refractivity contribution in [3.8, 4) is 11.8 Å². The van der Waals surface area contributed by atoms with Crippen LogP contribution in [0.1, 0.15) is 54.1 Å². The monoisotopic (exact) mass is 406 g/mol. The second-order valence-electron chi connectivity index (χ2n) is 8.06. The van der Waals surface area contributed by atoms with Crippen LogP contribution in [-0.2, 0) is 21.5 Å². The Kier molecular flexibility index (Phi) is 6.53. The van der Waals surface area contributed by atoms with Crippen LogP contribution in [0.25, 0.3) is 0 Å². The first kappa shape index (κ1) is 21.5. The van der Waals surface area contributed by atoms with E-state index >= 15 is 0 Å². The lowest BCUT2D eigenvalue weighted by molar-refractivity contribution is -0.918. The van der Waals surface area contributed by atoms with Gasteiger partial charge in [-0.15, -0.1) is 0 Å². The highest BCUT2D eigenvalue weighted by Gasteiger charge is 2.51. The van der Waals surface area contributed by atoms with Gasteiger partial charge < -0.3 is 19.9 Å². The number of benzene rings is 1. The smallest absolute Gasteiger partial charge is 0.309 e. The van der Waals surface area contributed by atoms with Crippen molar-refractivity contribution in [2.45, 2.75) is 45.1 Å². The minimum atomic E-state index is -1.08. The molecule has 0 bridgehead atoms. The summed E-state index contributed by atoms with van der Waals surface area (Å²) < 4.78 is 0. The molecule has 1 unspecified atom stereocenters. The van der Waals surface area contributed by atoms with E-state index in [0.717, 1.165) is 36.8 Å². The van der Waals surface area contributed by atoms with Crippen LogP contribution >= 0.6 is 0 Å². The van der Waals surface area contributed by atoms with Gasteiger partial charge in [0.15, 0.2) is 0 Å². The van der Waals surface area contributed by atoms with Gasteiger partial charge >= 0.3 is 5.97 Å². The molecule has 0 radical (unpaired) electrons. The molecule has 30 heavy (non-hydrogen) atoms. The summed E-state index contributed by atoms with van der Waals surface area (Å²) >= 11 is 0. The zero-order chi connectivity index (χ0) is 21.7. The van der Waals surface area contributed by atoms with Gasteiger partial charge in [0.25, 0.3) is 0 Å². The van der Waals surface area contributed by atoms with Gasteiger partial charge in [0.2, 0.25) is 0 Å².